The van der Waals surface area contributed by atoms with Gasteiger partial charge in [0.15, 0.2) is 0 Å². The van der Waals surface area contributed by atoms with E-state index < -0.39 is 0 Å². The smallest absolute Gasteiger partial charge is 0.0395 e. The van der Waals surface area contributed by atoms with Gasteiger partial charge in [0.05, 0.1) is 0 Å². The Morgan fingerprint density at radius 3 is 2.29 bits per heavy atom. The molecule has 2 rings (SSSR count). The van der Waals surface area contributed by atoms with E-state index in [0.717, 1.165) is 19.5 Å². The van der Waals surface area contributed by atoms with E-state index in [1.807, 2.05) is 7.05 Å². The second-order valence-electron chi connectivity index (χ2n) is 5.41. The number of rotatable bonds is 7. The van der Waals surface area contributed by atoms with Crippen LogP contribution in [0.15, 0.2) is 54.6 Å². The van der Waals surface area contributed by atoms with Crippen LogP contribution in [0.5, 0.6) is 0 Å². The van der Waals surface area contributed by atoms with Crippen LogP contribution in [0.1, 0.15) is 30.5 Å². The molecule has 0 aliphatic carbocycles. The normalized spacial score (nSPS) is 12.1. The minimum Gasteiger partial charge on any atom is -0.372 e. The summed E-state index contributed by atoms with van der Waals surface area (Å²) in [5.74, 6) is 0. The Morgan fingerprint density at radius 2 is 1.67 bits per heavy atom. The third-order valence-corrected chi connectivity index (χ3v) is 4.08. The third-order valence-electron chi connectivity index (χ3n) is 4.08. The summed E-state index contributed by atoms with van der Waals surface area (Å²) in [5, 5.41) is 3.44. The first-order valence-corrected chi connectivity index (χ1v) is 7.79. The summed E-state index contributed by atoms with van der Waals surface area (Å²) in [7, 11) is 2.04. The molecule has 2 aromatic carbocycles. The number of benzene rings is 2. The summed E-state index contributed by atoms with van der Waals surface area (Å²) in [6.45, 7) is 6.51. The maximum absolute atomic E-state index is 3.44. The topological polar surface area (TPSA) is 15.3 Å². The van der Waals surface area contributed by atoms with Crippen molar-refractivity contribution in [3.8, 4) is 0 Å². The van der Waals surface area contributed by atoms with Crippen LogP contribution in [0.4, 0.5) is 5.69 Å². The van der Waals surface area contributed by atoms with Gasteiger partial charge in [-0.15, -0.1) is 0 Å². The van der Waals surface area contributed by atoms with Crippen molar-refractivity contribution < 1.29 is 0 Å². The summed E-state index contributed by atoms with van der Waals surface area (Å²) in [5.41, 5.74) is 4.06. The van der Waals surface area contributed by atoms with Crippen LogP contribution in [-0.4, -0.2) is 20.1 Å². The fraction of sp³-hybridized carbons (Fsp3) is 0.368. The molecule has 0 radical (unpaired) electrons. The Bertz CT molecular complexity index is 536. The Balaban J connectivity index is 2.04. The largest absolute Gasteiger partial charge is 0.372 e. The van der Waals surface area contributed by atoms with Gasteiger partial charge in [0.2, 0.25) is 0 Å². The lowest BCUT2D eigenvalue weighted by molar-refractivity contribution is 0.543. The van der Waals surface area contributed by atoms with E-state index in [-0.39, 0.29) is 0 Å². The maximum atomic E-state index is 3.44. The van der Waals surface area contributed by atoms with E-state index in [4.69, 9.17) is 0 Å². The molecule has 21 heavy (non-hydrogen) atoms. The molecule has 2 aromatic rings. The summed E-state index contributed by atoms with van der Waals surface area (Å²) in [6, 6.07) is 19.7. The third kappa shape index (κ3) is 4.08. The zero-order valence-corrected chi connectivity index (χ0v) is 13.3. The predicted octanol–water partition coefficient (Wildman–Crippen LogP) is 4.17. The van der Waals surface area contributed by atoms with Crippen LogP contribution in [0, 0.1) is 6.92 Å². The molecule has 1 N–H and O–H groups in total. The molecule has 2 nitrogen and oxygen atoms in total. The highest BCUT2D eigenvalue weighted by atomic mass is 15.1. The van der Waals surface area contributed by atoms with Gasteiger partial charge in [0, 0.05) is 24.8 Å². The number of hydrogen-bond donors (Lipinski definition) is 1. The SMILES string of the molecule is CCN(CCC(NC)c1ccccc1)c1ccccc1C. The fourth-order valence-electron chi connectivity index (χ4n) is 2.82. The monoisotopic (exact) mass is 282 g/mol. The zero-order valence-electron chi connectivity index (χ0n) is 13.3. The van der Waals surface area contributed by atoms with Crippen LogP contribution in [0.2, 0.25) is 0 Å². The molecule has 0 saturated carbocycles. The first-order chi connectivity index (χ1) is 10.3. The van der Waals surface area contributed by atoms with Gasteiger partial charge in [-0.05, 0) is 44.5 Å². The standard InChI is InChI=1S/C19H26N2/c1-4-21(19-13-9-8-10-16(19)2)15-14-18(20-3)17-11-6-5-7-12-17/h5-13,18,20H,4,14-15H2,1-3H3. The van der Waals surface area contributed by atoms with Crippen LogP contribution in [-0.2, 0) is 0 Å². The van der Waals surface area contributed by atoms with Crippen molar-refractivity contribution in [1.82, 2.24) is 5.32 Å². The quantitative estimate of drug-likeness (QED) is 0.820. The Kier molecular flexibility index (Phi) is 5.82. The number of nitrogens with zero attached hydrogens (tertiary/aromatic N) is 1. The zero-order chi connectivity index (χ0) is 15.1. The molecule has 0 aromatic heterocycles. The molecule has 0 spiro atoms. The van der Waals surface area contributed by atoms with E-state index in [0.29, 0.717) is 6.04 Å². The second-order valence-corrected chi connectivity index (χ2v) is 5.41. The highest BCUT2D eigenvalue weighted by Crippen LogP contribution is 2.22. The first-order valence-electron chi connectivity index (χ1n) is 7.79. The average molecular weight is 282 g/mol. The molecule has 2 heteroatoms. The van der Waals surface area contributed by atoms with Gasteiger partial charge in [0.1, 0.15) is 0 Å². The van der Waals surface area contributed by atoms with Gasteiger partial charge in [-0.3, -0.25) is 0 Å². The predicted molar refractivity (Wildman–Crippen MR) is 91.9 cm³/mol. The van der Waals surface area contributed by atoms with E-state index in [9.17, 15) is 0 Å². The maximum Gasteiger partial charge on any atom is 0.0395 e. The lowest BCUT2D eigenvalue weighted by Crippen LogP contribution is -2.28. The van der Waals surface area contributed by atoms with Crippen molar-refractivity contribution in [3.63, 3.8) is 0 Å². The number of nitrogens with one attached hydrogen (secondary N) is 1. The van der Waals surface area contributed by atoms with Crippen LogP contribution >= 0.6 is 0 Å². The molecule has 112 valence electrons. The molecular formula is C19H26N2. The Labute approximate surface area is 128 Å². The van der Waals surface area contributed by atoms with E-state index in [2.05, 4.69) is 78.7 Å². The van der Waals surface area contributed by atoms with E-state index in [1.165, 1.54) is 16.8 Å². The Morgan fingerprint density at radius 1 is 1.00 bits per heavy atom. The molecule has 0 amide bonds. The highest BCUT2D eigenvalue weighted by Gasteiger charge is 2.12. The number of hydrogen-bond acceptors (Lipinski definition) is 2. The van der Waals surface area contributed by atoms with Gasteiger partial charge < -0.3 is 10.2 Å². The molecule has 0 saturated heterocycles. The highest BCUT2D eigenvalue weighted by molar-refractivity contribution is 5.52. The lowest BCUT2D eigenvalue weighted by atomic mass is 10.0. The molecular weight excluding hydrogens is 256 g/mol. The average Bonchev–Trinajstić information content (AvgIpc) is 2.54. The van der Waals surface area contributed by atoms with Crippen molar-refractivity contribution in [1.29, 1.82) is 0 Å². The molecule has 0 fully saturated rings. The number of para-hydroxylation sites is 1. The van der Waals surface area contributed by atoms with Crippen molar-refractivity contribution in [2.75, 3.05) is 25.0 Å². The molecule has 0 aliphatic heterocycles. The molecule has 1 unspecified atom stereocenters. The number of anilines is 1. The number of aryl methyl sites for hydroxylation is 1. The van der Waals surface area contributed by atoms with Crippen LogP contribution in [0.25, 0.3) is 0 Å². The Hall–Kier alpha value is -1.80. The molecule has 0 heterocycles. The van der Waals surface area contributed by atoms with Gasteiger partial charge in [-0.2, -0.15) is 0 Å². The lowest BCUT2D eigenvalue weighted by Gasteiger charge is -2.27. The fourth-order valence-corrected chi connectivity index (χ4v) is 2.82. The molecule has 0 bridgehead atoms. The minimum atomic E-state index is 0.407. The summed E-state index contributed by atoms with van der Waals surface area (Å²) in [6.07, 6.45) is 1.10. The van der Waals surface area contributed by atoms with Crippen LogP contribution in [0.3, 0.4) is 0 Å². The van der Waals surface area contributed by atoms with Gasteiger partial charge in [-0.25, -0.2) is 0 Å². The van der Waals surface area contributed by atoms with Gasteiger partial charge >= 0.3 is 0 Å². The summed E-state index contributed by atoms with van der Waals surface area (Å²) in [4.78, 5) is 2.46. The van der Waals surface area contributed by atoms with Crippen molar-refractivity contribution >= 4 is 5.69 Å². The molecule has 0 aliphatic rings. The van der Waals surface area contributed by atoms with E-state index >= 15 is 0 Å². The van der Waals surface area contributed by atoms with Crippen molar-refractivity contribution in [3.05, 3.63) is 65.7 Å². The van der Waals surface area contributed by atoms with E-state index in [1.54, 1.807) is 0 Å². The van der Waals surface area contributed by atoms with Crippen molar-refractivity contribution in [2.24, 2.45) is 0 Å². The molecule has 1 atom stereocenters. The minimum absolute atomic E-state index is 0.407. The van der Waals surface area contributed by atoms with Crippen LogP contribution < -0.4 is 10.2 Å². The second kappa shape index (κ2) is 7.84. The van der Waals surface area contributed by atoms with Crippen molar-refractivity contribution in [2.45, 2.75) is 26.3 Å². The summed E-state index contributed by atoms with van der Waals surface area (Å²) < 4.78 is 0. The first kappa shape index (κ1) is 15.6. The summed E-state index contributed by atoms with van der Waals surface area (Å²) >= 11 is 0. The van der Waals surface area contributed by atoms with Gasteiger partial charge in [-0.1, -0.05) is 48.5 Å². The van der Waals surface area contributed by atoms with Gasteiger partial charge in [0.25, 0.3) is 0 Å².